The molecule has 0 spiro atoms. The average molecular weight is 675 g/mol. The maximum Gasteiger partial charge on any atom is 0.494 e. The third-order valence-electron chi connectivity index (χ3n) is 8.80. The Bertz CT molecular complexity index is 1230. The number of nitrogens with one attached hydrogen (secondary N) is 1. The molecule has 3 aliphatic rings. The van der Waals surface area contributed by atoms with Crippen molar-refractivity contribution in [2.45, 2.75) is 109 Å². The lowest BCUT2D eigenvalue weighted by Gasteiger charge is -2.32. The largest absolute Gasteiger partial charge is 0.494 e. The molecule has 12 heteroatoms. The van der Waals surface area contributed by atoms with Gasteiger partial charge in [-0.3, -0.25) is 0 Å². The molecule has 47 heavy (non-hydrogen) atoms. The summed E-state index contributed by atoms with van der Waals surface area (Å²) in [6.45, 7) is 18.3. The lowest BCUT2D eigenvalue weighted by atomic mass is 9.79. The molecule has 2 aromatic rings. The smallest absolute Gasteiger partial charge is 0.465 e. The number of hydrogen-bond donors (Lipinski definition) is 3. The van der Waals surface area contributed by atoms with Crippen molar-refractivity contribution in [2.24, 2.45) is 11.8 Å². The minimum atomic E-state index is -1.56. The van der Waals surface area contributed by atoms with Crippen LogP contribution in [0.3, 0.4) is 0 Å². The van der Waals surface area contributed by atoms with Crippen LogP contribution < -0.4 is 10.8 Å². The third kappa shape index (κ3) is 11.1. The van der Waals surface area contributed by atoms with E-state index in [0.717, 1.165) is 30.2 Å². The maximum atomic E-state index is 13.6. The molecular formula is C35H55BN2O8S. The van der Waals surface area contributed by atoms with Gasteiger partial charge in [0.05, 0.1) is 41.5 Å². The van der Waals surface area contributed by atoms with E-state index in [-0.39, 0.29) is 18.8 Å². The Labute approximate surface area is 284 Å². The number of nitrogens with zero attached hydrogens (tertiary/aromatic N) is 1. The van der Waals surface area contributed by atoms with Gasteiger partial charge in [0.15, 0.2) is 6.29 Å². The predicted octanol–water partition coefficient (Wildman–Crippen LogP) is 5.00. The number of aliphatic hydroxyl groups excluding tert-OH is 1. The zero-order chi connectivity index (χ0) is 34.8. The number of ether oxygens (including phenoxy) is 2. The van der Waals surface area contributed by atoms with Gasteiger partial charge in [0.1, 0.15) is 11.0 Å². The molecule has 0 radical (unpaired) electrons. The average Bonchev–Trinajstić information content (AvgIpc) is 3.72. The second kappa shape index (κ2) is 17.9. The monoisotopic (exact) mass is 674 g/mol. The normalized spacial score (nSPS) is 22.8. The van der Waals surface area contributed by atoms with Gasteiger partial charge in [-0.25, -0.2) is 13.3 Å². The third-order valence-corrected chi connectivity index (χ3v) is 10.2. The van der Waals surface area contributed by atoms with E-state index >= 15 is 0 Å². The second-order valence-electron chi connectivity index (χ2n) is 13.4. The summed E-state index contributed by atoms with van der Waals surface area (Å²) in [4.78, 5) is 12.0. The van der Waals surface area contributed by atoms with E-state index in [9.17, 15) is 19.2 Å². The van der Waals surface area contributed by atoms with Crippen LogP contribution in [-0.4, -0.2) is 87.9 Å². The molecule has 0 aromatic heterocycles. The van der Waals surface area contributed by atoms with Crippen molar-refractivity contribution < 1.29 is 38.0 Å². The quantitative estimate of drug-likeness (QED) is 0.285. The van der Waals surface area contributed by atoms with Gasteiger partial charge in [-0.05, 0) is 76.0 Å². The number of aliphatic hydroxyl groups is 1. The van der Waals surface area contributed by atoms with Crippen LogP contribution in [0.25, 0.3) is 0 Å². The molecule has 3 unspecified atom stereocenters. The van der Waals surface area contributed by atoms with Crippen LogP contribution in [0.2, 0.25) is 0 Å². The van der Waals surface area contributed by atoms with Crippen LogP contribution in [0.15, 0.2) is 59.5 Å². The molecule has 3 N–H and O–H groups in total. The second-order valence-corrected chi connectivity index (χ2v) is 14.9. The fourth-order valence-corrected chi connectivity index (χ4v) is 6.93. The molecule has 3 atom stereocenters. The van der Waals surface area contributed by atoms with Gasteiger partial charge in [0.25, 0.3) is 0 Å². The zero-order valence-corrected chi connectivity index (χ0v) is 30.1. The molecule has 262 valence electrons. The van der Waals surface area contributed by atoms with E-state index < -0.39 is 47.5 Å². The van der Waals surface area contributed by atoms with Crippen LogP contribution in [0.4, 0.5) is 4.79 Å². The lowest BCUT2D eigenvalue weighted by molar-refractivity contribution is -0.0904. The standard InChI is InChI=1S/C27H39BN2O6S.C6H10O2.C2H6/c1-19(2)17-30(18-24(31)23(29-25(32)33)16-20-10-8-7-9-11-20)37(34)22-14-12-21(13-15-22)28-35-26(3,4)27(5,6)36-28;1-3-7-6-5(1)2-4-8-6;1-2/h7-15,19,23-24,29,31H,16-18H2,1-6H3,(H,32,33);5-6H,1-4H2;1-2H3. The van der Waals surface area contributed by atoms with Crippen molar-refractivity contribution in [1.29, 1.82) is 0 Å². The molecule has 3 saturated heterocycles. The lowest BCUT2D eigenvalue weighted by Crippen LogP contribution is -2.50. The number of carbonyl (C=O) groups is 1. The van der Waals surface area contributed by atoms with E-state index in [1.54, 1.807) is 16.4 Å². The fourth-order valence-electron chi connectivity index (χ4n) is 5.54. The first-order chi connectivity index (χ1) is 22.3. The van der Waals surface area contributed by atoms with Crippen molar-refractivity contribution in [3.05, 3.63) is 60.2 Å². The highest BCUT2D eigenvalue weighted by Gasteiger charge is 2.51. The summed E-state index contributed by atoms with van der Waals surface area (Å²) in [5.41, 5.74) is 0.825. The molecule has 0 saturated carbocycles. The van der Waals surface area contributed by atoms with E-state index in [1.807, 2.05) is 97.9 Å². The van der Waals surface area contributed by atoms with Gasteiger partial charge >= 0.3 is 13.2 Å². The van der Waals surface area contributed by atoms with Crippen LogP contribution >= 0.6 is 0 Å². The first kappa shape index (κ1) is 39.1. The summed E-state index contributed by atoms with van der Waals surface area (Å²) >= 11 is 0. The number of benzene rings is 2. The summed E-state index contributed by atoms with van der Waals surface area (Å²) in [5.74, 6) is 0.912. The molecule has 3 aliphatic heterocycles. The van der Waals surface area contributed by atoms with Gasteiger partial charge in [-0.15, -0.1) is 0 Å². The molecule has 1 amide bonds. The highest BCUT2D eigenvalue weighted by atomic mass is 32.2. The SMILES string of the molecule is C1CC2CCOC2O1.CC.CC(C)CN(CC(O)C(Cc1ccccc1)NC(=O)O)S(=O)c1ccc(B2OC(C)(C)C(C)(C)O2)cc1. The Morgan fingerprint density at radius 2 is 1.51 bits per heavy atom. The topological polar surface area (TPSA) is 127 Å². The van der Waals surface area contributed by atoms with E-state index in [1.165, 1.54) is 12.8 Å². The highest BCUT2D eigenvalue weighted by molar-refractivity contribution is 7.82. The molecule has 3 heterocycles. The number of fused-ring (bicyclic) bond motifs is 1. The molecule has 0 aliphatic carbocycles. The van der Waals surface area contributed by atoms with Crippen molar-refractivity contribution in [2.75, 3.05) is 26.3 Å². The maximum absolute atomic E-state index is 13.6. The van der Waals surface area contributed by atoms with Crippen molar-refractivity contribution in [1.82, 2.24) is 9.62 Å². The van der Waals surface area contributed by atoms with Crippen LogP contribution in [0, 0.1) is 11.8 Å². The molecule has 5 rings (SSSR count). The molecule has 2 aromatic carbocycles. The summed E-state index contributed by atoms with van der Waals surface area (Å²) in [7, 11) is -2.07. The summed E-state index contributed by atoms with van der Waals surface area (Å²) < 4.78 is 38.0. The minimum Gasteiger partial charge on any atom is -0.465 e. The van der Waals surface area contributed by atoms with Gasteiger partial charge in [0, 0.05) is 19.0 Å². The van der Waals surface area contributed by atoms with Crippen molar-refractivity contribution in [3.8, 4) is 0 Å². The summed E-state index contributed by atoms with van der Waals surface area (Å²) in [6.07, 6.45) is 0.641. The Morgan fingerprint density at radius 1 is 0.957 bits per heavy atom. The van der Waals surface area contributed by atoms with Crippen LogP contribution in [-0.2, 0) is 36.2 Å². The van der Waals surface area contributed by atoms with Crippen LogP contribution in [0.1, 0.15) is 73.8 Å². The van der Waals surface area contributed by atoms with Crippen molar-refractivity contribution in [3.63, 3.8) is 0 Å². The highest BCUT2D eigenvalue weighted by Crippen LogP contribution is 2.36. The minimum absolute atomic E-state index is 0.0432. The molecule has 10 nitrogen and oxygen atoms in total. The van der Waals surface area contributed by atoms with E-state index in [4.69, 9.17) is 18.8 Å². The molecule has 0 bridgehead atoms. The van der Waals surface area contributed by atoms with Gasteiger partial charge in [0.2, 0.25) is 0 Å². The first-order valence-electron chi connectivity index (χ1n) is 16.8. The summed E-state index contributed by atoms with van der Waals surface area (Å²) in [6, 6.07) is 15.9. The van der Waals surface area contributed by atoms with Gasteiger partial charge in [-0.2, -0.15) is 0 Å². The number of hydrogen-bond acceptors (Lipinski definition) is 7. The van der Waals surface area contributed by atoms with E-state index in [0.29, 0.717) is 17.9 Å². The first-order valence-corrected chi connectivity index (χ1v) is 17.9. The number of amides is 1. The Morgan fingerprint density at radius 3 is 2.00 bits per heavy atom. The summed E-state index contributed by atoms with van der Waals surface area (Å²) in [5, 5.41) is 22.8. The van der Waals surface area contributed by atoms with Gasteiger partial charge in [-0.1, -0.05) is 70.2 Å². The number of rotatable bonds is 11. The number of carboxylic acid groups (broad SMARTS) is 1. The molecule has 3 fully saturated rings. The Kier molecular flexibility index (Phi) is 14.9. The van der Waals surface area contributed by atoms with Crippen LogP contribution in [0.5, 0.6) is 0 Å². The molecular weight excluding hydrogens is 619 g/mol. The predicted molar refractivity (Wildman–Crippen MR) is 186 cm³/mol. The Balaban J connectivity index is 0.000000509. The zero-order valence-electron chi connectivity index (χ0n) is 29.3. The van der Waals surface area contributed by atoms with Crippen molar-refractivity contribution >= 4 is 29.7 Å². The Hall–Kier alpha value is -2.32. The fraction of sp³-hybridized carbons (Fsp3) is 0.629. The van der Waals surface area contributed by atoms with Gasteiger partial charge < -0.3 is 34.3 Å². The van der Waals surface area contributed by atoms with E-state index in [2.05, 4.69) is 5.32 Å².